The van der Waals surface area contributed by atoms with E-state index in [1.807, 2.05) is 54.6 Å². The summed E-state index contributed by atoms with van der Waals surface area (Å²) in [6.07, 6.45) is 0. The molecule has 0 saturated heterocycles. The number of benzene rings is 2. The lowest BCUT2D eigenvalue weighted by Crippen LogP contribution is -2.19. The fourth-order valence-corrected chi connectivity index (χ4v) is 3.00. The number of nitrogens with one attached hydrogen (secondary N) is 2. The van der Waals surface area contributed by atoms with E-state index in [0.717, 1.165) is 22.5 Å². The molecular weight excluding hydrogens is 322 g/mol. The Morgan fingerprint density at radius 3 is 2.50 bits per heavy atom. The van der Waals surface area contributed by atoms with Gasteiger partial charge in [0.2, 0.25) is 0 Å². The van der Waals surface area contributed by atoms with Gasteiger partial charge in [0.05, 0.1) is 5.69 Å². The first kappa shape index (κ1) is 16.0. The molecule has 0 aliphatic heterocycles. The highest BCUT2D eigenvalue weighted by molar-refractivity contribution is 7.10. The fraction of sp³-hybridized carbons (Fsp3) is 0.0588. The van der Waals surface area contributed by atoms with E-state index in [2.05, 4.69) is 15.0 Å². The highest BCUT2D eigenvalue weighted by atomic mass is 32.1. The maximum absolute atomic E-state index is 12.1. The third kappa shape index (κ3) is 3.53. The molecule has 2 aromatic carbocycles. The summed E-state index contributed by atoms with van der Waals surface area (Å²) in [5, 5.41) is 6.20. The Labute approximate surface area is 143 Å². The summed E-state index contributed by atoms with van der Waals surface area (Å²) in [5.41, 5.74) is 15.5. The number of carbonyl (C=O) groups excluding carboxylic acids is 1. The van der Waals surface area contributed by atoms with Gasteiger partial charge in [-0.25, -0.2) is 4.79 Å². The van der Waals surface area contributed by atoms with Crippen LogP contribution in [-0.2, 0) is 6.54 Å². The third-order valence-corrected chi connectivity index (χ3v) is 4.17. The van der Waals surface area contributed by atoms with Gasteiger partial charge in [-0.3, -0.25) is 0 Å². The number of urea groups is 1. The van der Waals surface area contributed by atoms with Crippen molar-refractivity contribution < 1.29 is 4.79 Å². The lowest BCUT2D eigenvalue weighted by Gasteiger charge is -2.09. The Morgan fingerprint density at radius 1 is 1.04 bits per heavy atom. The van der Waals surface area contributed by atoms with Crippen LogP contribution in [0.1, 0.15) is 5.56 Å². The number of nitrogen functional groups attached to an aromatic ring is 1. The number of aromatic nitrogens is 1. The first-order valence-electron chi connectivity index (χ1n) is 7.35. The molecule has 3 rings (SSSR count). The summed E-state index contributed by atoms with van der Waals surface area (Å²) in [4.78, 5) is 12.1. The highest BCUT2D eigenvalue weighted by Crippen LogP contribution is 2.31. The second-order valence-electron chi connectivity index (χ2n) is 5.10. The maximum atomic E-state index is 12.1. The van der Waals surface area contributed by atoms with Crippen LogP contribution in [0.3, 0.4) is 0 Å². The molecule has 0 spiro atoms. The van der Waals surface area contributed by atoms with Crippen LogP contribution in [0.4, 0.5) is 21.2 Å². The van der Waals surface area contributed by atoms with E-state index in [4.69, 9.17) is 11.5 Å². The number of nitrogens with two attached hydrogens (primary N) is 2. The zero-order valence-corrected chi connectivity index (χ0v) is 13.6. The molecule has 1 heterocycles. The van der Waals surface area contributed by atoms with Crippen molar-refractivity contribution in [3.05, 3.63) is 60.2 Å². The smallest absolute Gasteiger partial charge is 0.323 e. The number of hydrogen-bond donors (Lipinski definition) is 4. The van der Waals surface area contributed by atoms with Crippen LogP contribution >= 0.6 is 11.5 Å². The molecule has 3 aromatic rings. The van der Waals surface area contributed by atoms with Gasteiger partial charge < -0.3 is 22.1 Å². The van der Waals surface area contributed by atoms with E-state index >= 15 is 0 Å². The quantitative estimate of drug-likeness (QED) is 0.583. The second kappa shape index (κ2) is 7.12. The van der Waals surface area contributed by atoms with Crippen molar-refractivity contribution in [3.63, 3.8) is 0 Å². The molecule has 0 aliphatic rings. The maximum Gasteiger partial charge on any atom is 0.323 e. The molecule has 2 amide bonds. The number of para-hydroxylation sites is 1. The molecule has 24 heavy (non-hydrogen) atoms. The van der Waals surface area contributed by atoms with Crippen LogP contribution in [0.2, 0.25) is 0 Å². The molecular formula is C17H17N5OS. The second-order valence-corrected chi connectivity index (χ2v) is 5.91. The summed E-state index contributed by atoms with van der Waals surface area (Å²) in [5.74, 6) is 0. The highest BCUT2D eigenvalue weighted by Gasteiger charge is 2.12. The van der Waals surface area contributed by atoms with Crippen molar-refractivity contribution in [2.45, 2.75) is 6.54 Å². The molecule has 0 radical (unpaired) electrons. The Bertz CT molecular complexity index is 847. The van der Waals surface area contributed by atoms with Gasteiger partial charge in [0, 0.05) is 29.0 Å². The summed E-state index contributed by atoms with van der Waals surface area (Å²) in [6.45, 7) is 0.323. The number of anilines is 3. The fourth-order valence-electron chi connectivity index (χ4n) is 2.31. The van der Waals surface area contributed by atoms with Gasteiger partial charge in [0.25, 0.3) is 0 Å². The van der Waals surface area contributed by atoms with Crippen molar-refractivity contribution >= 4 is 33.9 Å². The largest absolute Gasteiger partial charge is 0.389 e. The monoisotopic (exact) mass is 339 g/mol. The van der Waals surface area contributed by atoms with E-state index in [1.165, 1.54) is 11.5 Å². The van der Waals surface area contributed by atoms with E-state index in [1.54, 1.807) is 0 Å². The zero-order valence-electron chi connectivity index (χ0n) is 12.8. The topological polar surface area (TPSA) is 106 Å². The van der Waals surface area contributed by atoms with Crippen LogP contribution < -0.4 is 22.1 Å². The minimum atomic E-state index is -0.310. The lowest BCUT2D eigenvalue weighted by molar-refractivity contribution is 0.262. The molecule has 0 bridgehead atoms. The van der Waals surface area contributed by atoms with Crippen molar-refractivity contribution in [1.82, 2.24) is 4.37 Å². The van der Waals surface area contributed by atoms with Gasteiger partial charge in [-0.05, 0) is 35.8 Å². The molecule has 1 aromatic heterocycles. The number of nitrogens with zero attached hydrogens (tertiary/aromatic N) is 1. The third-order valence-electron chi connectivity index (χ3n) is 3.45. The Kier molecular flexibility index (Phi) is 4.74. The van der Waals surface area contributed by atoms with Gasteiger partial charge in [-0.2, -0.15) is 4.37 Å². The van der Waals surface area contributed by atoms with Gasteiger partial charge >= 0.3 is 6.03 Å². The molecule has 6 nitrogen and oxygen atoms in total. The van der Waals surface area contributed by atoms with Crippen molar-refractivity contribution in [2.75, 3.05) is 16.4 Å². The standard InChI is InChI=1S/C17H17N5OS/c18-10-14-15(22-24-16(14)19)11-5-4-8-13(9-11)21-17(23)20-12-6-2-1-3-7-12/h1-9H,10,18-19H2,(H2,20,21,23). The van der Waals surface area contributed by atoms with Crippen molar-refractivity contribution in [1.29, 1.82) is 0 Å². The van der Waals surface area contributed by atoms with E-state index in [-0.39, 0.29) is 6.03 Å². The molecule has 0 aliphatic carbocycles. The minimum absolute atomic E-state index is 0.310. The Balaban J connectivity index is 1.77. The number of amides is 2. The molecule has 7 heteroatoms. The van der Waals surface area contributed by atoms with E-state index < -0.39 is 0 Å². The molecule has 0 saturated carbocycles. The SMILES string of the molecule is NCc1c(-c2cccc(NC(=O)Nc3ccccc3)c2)nsc1N. The first-order chi connectivity index (χ1) is 11.7. The van der Waals surface area contributed by atoms with Crippen LogP contribution in [-0.4, -0.2) is 10.4 Å². The van der Waals surface area contributed by atoms with Crippen LogP contribution in [0, 0.1) is 0 Å². The predicted octanol–water partition coefficient (Wildman–Crippen LogP) is 3.50. The van der Waals surface area contributed by atoms with Crippen LogP contribution in [0.5, 0.6) is 0 Å². The molecule has 0 unspecified atom stereocenters. The average Bonchev–Trinajstić information content (AvgIpc) is 2.96. The summed E-state index contributed by atoms with van der Waals surface area (Å²) in [7, 11) is 0. The molecule has 6 N–H and O–H groups in total. The van der Waals surface area contributed by atoms with Crippen LogP contribution in [0.15, 0.2) is 54.6 Å². The molecule has 0 fully saturated rings. The summed E-state index contributed by atoms with van der Waals surface area (Å²) in [6, 6.07) is 16.4. The number of carbonyl (C=O) groups is 1. The van der Waals surface area contributed by atoms with Gasteiger partial charge in [-0.15, -0.1) is 0 Å². The average molecular weight is 339 g/mol. The molecule has 0 atom stereocenters. The van der Waals surface area contributed by atoms with Gasteiger partial charge in [0.15, 0.2) is 0 Å². The molecule has 122 valence electrons. The zero-order chi connectivity index (χ0) is 16.9. The predicted molar refractivity (Wildman–Crippen MR) is 98.9 cm³/mol. The summed E-state index contributed by atoms with van der Waals surface area (Å²) < 4.78 is 4.35. The van der Waals surface area contributed by atoms with Gasteiger partial charge in [-0.1, -0.05) is 30.3 Å². The van der Waals surface area contributed by atoms with E-state index in [0.29, 0.717) is 17.2 Å². The normalized spacial score (nSPS) is 10.4. The lowest BCUT2D eigenvalue weighted by atomic mass is 10.1. The number of hydrogen-bond acceptors (Lipinski definition) is 5. The van der Waals surface area contributed by atoms with Crippen molar-refractivity contribution in [2.24, 2.45) is 5.73 Å². The summed E-state index contributed by atoms with van der Waals surface area (Å²) >= 11 is 1.22. The van der Waals surface area contributed by atoms with Crippen molar-refractivity contribution in [3.8, 4) is 11.3 Å². The van der Waals surface area contributed by atoms with Crippen LogP contribution in [0.25, 0.3) is 11.3 Å². The van der Waals surface area contributed by atoms with E-state index in [9.17, 15) is 4.79 Å². The first-order valence-corrected chi connectivity index (χ1v) is 8.12. The minimum Gasteiger partial charge on any atom is -0.389 e. The Morgan fingerprint density at radius 2 is 1.75 bits per heavy atom. The number of rotatable bonds is 4. The Hall–Kier alpha value is -2.90. The van der Waals surface area contributed by atoms with Gasteiger partial charge in [0.1, 0.15) is 5.00 Å².